The summed E-state index contributed by atoms with van der Waals surface area (Å²) in [6.45, 7) is 2.07. The van der Waals surface area contributed by atoms with Crippen LogP contribution in [0.4, 0.5) is 5.82 Å². The van der Waals surface area contributed by atoms with Crippen LogP contribution in [0, 0.1) is 6.92 Å². The first-order valence-electron chi connectivity index (χ1n) is 9.76. The largest absolute Gasteiger partial charge is 0.493 e. The number of aryl methyl sites for hydroxylation is 1. The van der Waals surface area contributed by atoms with E-state index in [0.29, 0.717) is 28.8 Å². The van der Waals surface area contributed by atoms with Crippen LogP contribution < -0.4 is 23.8 Å². The van der Waals surface area contributed by atoms with Crippen molar-refractivity contribution in [2.45, 2.75) is 13.5 Å². The van der Waals surface area contributed by atoms with Crippen molar-refractivity contribution in [3.63, 3.8) is 0 Å². The van der Waals surface area contributed by atoms with Crippen LogP contribution in [-0.4, -0.2) is 38.8 Å². The fraction of sp³-hybridized carbons (Fsp3) is 0.250. The SMILES string of the molecule is COc1cc(CN(C(=O)COc2ccccc2C)c2ccccn2)cc(OC)c1OC. The van der Waals surface area contributed by atoms with Crippen molar-refractivity contribution >= 4 is 11.7 Å². The van der Waals surface area contributed by atoms with Gasteiger partial charge in [0, 0.05) is 6.20 Å². The third-order valence-corrected chi connectivity index (χ3v) is 4.74. The number of methoxy groups -OCH3 is 3. The summed E-state index contributed by atoms with van der Waals surface area (Å²) in [4.78, 5) is 19.1. The molecule has 3 rings (SSSR count). The topological polar surface area (TPSA) is 70.1 Å². The van der Waals surface area contributed by atoms with Crippen molar-refractivity contribution < 1.29 is 23.7 Å². The first-order valence-corrected chi connectivity index (χ1v) is 9.76. The smallest absolute Gasteiger partial charge is 0.266 e. The third-order valence-electron chi connectivity index (χ3n) is 4.74. The molecule has 0 aliphatic rings. The van der Waals surface area contributed by atoms with Gasteiger partial charge in [0.2, 0.25) is 5.75 Å². The highest BCUT2D eigenvalue weighted by atomic mass is 16.5. The zero-order valence-corrected chi connectivity index (χ0v) is 18.1. The number of rotatable bonds is 9. The Balaban J connectivity index is 1.88. The van der Waals surface area contributed by atoms with E-state index in [1.807, 2.05) is 49.4 Å². The number of carbonyl (C=O) groups is 1. The molecule has 0 aliphatic heterocycles. The number of benzene rings is 2. The molecule has 0 saturated heterocycles. The van der Waals surface area contributed by atoms with Crippen molar-refractivity contribution in [1.29, 1.82) is 0 Å². The average molecular weight is 422 g/mol. The highest BCUT2D eigenvalue weighted by Crippen LogP contribution is 2.38. The van der Waals surface area contributed by atoms with E-state index in [1.54, 1.807) is 44.6 Å². The Morgan fingerprint density at radius 2 is 1.58 bits per heavy atom. The first-order chi connectivity index (χ1) is 15.1. The lowest BCUT2D eigenvalue weighted by Gasteiger charge is -2.23. The van der Waals surface area contributed by atoms with Crippen LogP contribution in [0.25, 0.3) is 0 Å². The van der Waals surface area contributed by atoms with E-state index in [0.717, 1.165) is 11.1 Å². The zero-order valence-electron chi connectivity index (χ0n) is 18.1. The van der Waals surface area contributed by atoms with Crippen LogP contribution in [0.3, 0.4) is 0 Å². The number of para-hydroxylation sites is 1. The summed E-state index contributed by atoms with van der Waals surface area (Å²) in [6.07, 6.45) is 1.65. The molecule has 0 spiro atoms. The molecule has 3 aromatic rings. The van der Waals surface area contributed by atoms with E-state index in [1.165, 1.54) is 0 Å². The molecule has 162 valence electrons. The Morgan fingerprint density at radius 1 is 0.903 bits per heavy atom. The number of hydrogen-bond donors (Lipinski definition) is 0. The summed E-state index contributed by atoms with van der Waals surface area (Å²) in [5.41, 5.74) is 1.76. The normalized spacial score (nSPS) is 10.3. The number of nitrogens with zero attached hydrogens (tertiary/aromatic N) is 2. The monoisotopic (exact) mass is 422 g/mol. The highest BCUT2D eigenvalue weighted by molar-refractivity contribution is 5.93. The van der Waals surface area contributed by atoms with E-state index in [2.05, 4.69) is 4.98 Å². The average Bonchev–Trinajstić information content (AvgIpc) is 2.81. The summed E-state index contributed by atoms with van der Waals surface area (Å²) in [6, 6.07) is 16.6. The Bertz CT molecular complexity index is 998. The van der Waals surface area contributed by atoms with E-state index >= 15 is 0 Å². The van der Waals surface area contributed by atoms with Crippen molar-refractivity contribution in [2.24, 2.45) is 0 Å². The maximum atomic E-state index is 13.1. The minimum atomic E-state index is -0.226. The standard InChI is InChI=1S/C24H26N2O5/c1-17-9-5-6-10-19(17)31-16-23(27)26(22-11-7-8-12-25-22)15-18-13-20(28-2)24(30-4)21(14-18)29-3/h5-14H,15-16H2,1-4H3. The maximum absolute atomic E-state index is 13.1. The van der Waals surface area contributed by atoms with Crippen molar-refractivity contribution in [2.75, 3.05) is 32.8 Å². The molecule has 0 N–H and O–H groups in total. The van der Waals surface area contributed by atoms with Gasteiger partial charge in [0.05, 0.1) is 27.9 Å². The Morgan fingerprint density at radius 3 is 2.16 bits per heavy atom. The minimum Gasteiger partial charge on any atom is -0.493 e. The number of pyridine rings is 1. The lowest BCUT2D eigenvalue weighted by Crippen LogP contribution is -2.35. The van der Waals surface area contributed by atoms with Gasteiger partial charge in [-0.25, -0.2) is 4.98 Å². The molecule has 2 aromatic carbocycles. The molecule has 1 aromatic heterocycles. The van der Waals surface area contributed by atoms with Gasteiger partial charge in [-0.3, -0.25) is 9.69 Å². The second-order valence-electron chi connectivity index (χ2n) is 6.76. The molecule has 7 nitrogen and oxygen atoms in total. The molecule has 31 heavy (non-hydrogen) atoms. The van der Waals surface area contributed by atoms with Gasteiger partial charge in [0.15, 0.2) is 18.1 Å². The van der Waals surface area contributed by atoms with Crippen molar-refractivity contribution in [1.82, 2.24) is 4.98 Å². The molecule has 0 saturated carbocycles. The second kappa shape index (κ2) is 10.3. The maximum Gasteiger partial charge on any atom is 0.266 e. The van der Waals surface area contributed by atoms with Gasteiger partial charge in [-0.1, -0.05) is 24.3 Å². The van der Waals surface area contributed by atoms with E-state index in [4.69, 9.17) is 18.9 Å². The predicted octanol–water partition coefficient (Wildman–Crippen LogP) is 4.03. The van der Waals surface area contributed by atoms with Crippen LogP contribution in [0.2, 0.25) is 0 Å². The number of ether oxygens (including phenoxy) is 4. The van der Waals surface area contributed by atoms with Gasteiger partial charge in [0.25, 0.3) is 5.91 Å². The summed E-state index contributed by atoms with van der Waals surface area (Å²) in [7, 11) is 4.66. The molecule has 0 radical (unpaired) electrons. The summed E-state index contributed by atoms with van der Waals surface area (Å²) < 4.78 is 22.0. The van der Waals surface area contributed by atoms with Crippen LogP contribution in [-0.2, 0) is 11.3 Å². The fourth-order valence-electron chi connectivity index (χ4n) is 3.16. The van der Waals surface area contributed by atoms with E-state index in [9.17, 15) is 4.79 Å². The Hall–Kier alpha value is -3.74. The summed E-state index contributed by atoms with van der Waals surface area (Å²) in [5, 5.41) is 0. The highest BCUT2D eigenvalue weighted by Gasteiger charge is 2.21. The summed E-state index contributed by atoms with van der Waals surface area (Å²) >= 11 is 0. The van der Waals surface area contributed by atoms with Crippen LogP contribution in [0.15, 0.2) is 60.8 Å². The summed E-state index contributed by atoms with van der Waals surface area (Å²) in [5.74, 6) is 2.49. The van der Waals surface area contributed by atoms with Gasteiger partial charge in [-0.05, 0) is 48.4 Å². The molecule has 0 bridgehead atoms. The van der Waals surface area contributed by atoms with Gasteiger partial charge in [0.1, 0.15) is 11.6 Å². The molecule has 1 amide bonds. The molecular weight excluding hydrogens is 396 g/mol. The van der Waals surface area contributed by atoms with Gasteiger partial charge < -0.3 is 18.9 Å². The molecular formula is C24H26N2O5. The molecule has 0 fully saturated rings. The number of carbonyl (C=O) groups excluding carboxylic acids is 1. The molecule has 0 aliphatic carbocycles. The lowest BCUT2D eigenvalue weighted by molar-refractivity contribution is -0.120. The van der Waals surface area contributed by atoms with E-state index < -0.39 is 0 Å². The van der Waals surface area contributed by atoms with Crippen LogP contribution >= 0.6 is 0 Å². The molecule has 7 heteroatoms. The van der Waals surface area contributed by atoms with Crippen LogP contribution in [0.1, 0.15) is 11.1 Å². The van der Waals surface area contributed by atoms with Gasteiger partial charge in [-0.2, -0.15) is 0 Å². The van der Waals surface area contributed by atoms with Crippen LogP contribution in [0.5, 0.6) is 23.0 Å². The van der Waals surface area contributed by atoms with E-state index in [-0.39, 0.29) is 19.1 Å². The predicted molar refractivity (Wildman–Crippen MR) is 118 cm³/mol. The first kappa shape index (κ1) is 22.0. The second-order valence-corrected chi connectivity index (χ2v) is 6.76. The molecule has 0 unspecified atom stereocenters. The van der Waals surface area contributed by atoms with Crippen molar-refractivity contribution in [3.05, 3.63) is 71.9 Å². The number of hydrogen-bond acceptors (Lipinski definition) is 6. The Kier molecular flexibility index (Phi) is 7.32. The Labute approximate surface area is 182 Å². The van der Waals surface area contributed by atoms with Gasteiger partial charge >= 0.3 is 0 Å². The zero-order chi connectivity index (χ0) is 22.2. The third kappa shape index (κ3) is 5.25. The quantitative estimate of drug-likeness (QED) is 0.519. The number of aromatic nitrogens is 1. The minimum absolute atomic E-state index is 0.119. The molecule has 1 heterocycles. The fourth-order valence-corrected chi connectivity index (χ4v) is 3.16. The molecule has 0 atom stereocenters. The number of anilines is 1. The lowest BCUT2D eigenvalue weighted by atomic mass is 10.1. The van der Waals surface area contributed by atoms with Gasteiger partial charge in [-0.15, -0.1) is 0 Å². The van der Waals surface area contributed by atoms with Crippen molar-refractivity contribution in [3.8, 4) is 23.0 Å². The number of amides is 1.